The first-order valence-electron chi connectivity index (χ1n) is 6.16. The lowest BCUT2D eigenvalue weighted by Crippen LogP contribution is -2.36. The van der Waals surface area contributed by atoms with Gasteiger partial charge in [0.2, 0.25) is 0 Å². The molecule has 1 fully saturated rings. The third-order valence-corrected chi connectivity index (χ3v) is 6.46. The molecule has 0 radical (unpaired) electrons. The van der Waals surface area contributed by atoms with Gasteiger partial charge in [0.05, 0.1) is 11.5 Å². The van der Waals surface area contributed by atoms with Gasteiger partial charge in [0.25, 0.3) is 10.0 Å². The zero-order valence-electron chi connectivity index (χ0n) is 11.3. The maximum Gasteiger partial charge on any atom is 0.260 e. The summed E-state index contributed by atoms with van der Waals surface area (Å²) in [5.41, 5.74) is 1.22. The number of sulfone groups is 1. The third-order valence-electron chi connectivity index (χ3n) is 3.20. The van der Waals surface area contributed by atoms with Crippen molar-refractivity contribution in [2.75, 3.05) is 18.6 Å². The van der Waals surface area contributed by atoms with E-state index in [0.29, 0.717) is 24.2 Å². The first-order valence-corrected chi connectivity index (χ1v) is 9.47. The standard InChI is InChI=1S/C10H18N4O4S2/c1-7-9(5-11-2)10(13-12-7)20(17,18)14-8-3-4-19(15,16)6-8/h8,11,14H,3-6H2,1-2H3,(H,12,13). The van der Waals surface area contributed by atoms with Gasteiger partial charge in [-0.3, -0.25) is 5.10 Å². The predicted molar refractivity (Wildman–Crippen MR) is 73.5 cm³/mol. The van der Waals surface area contributed by atoms with Gasteiger partial charge in [-0.05, 0) is 20.4 Å². The smallest absolute Gasteiger partial charge is 0.260 e. The molecule has 10 heteroatoms. The highest BCUT2D eigenvalue weighted by atomic mass is 32.2. The van der Waals surface area contributed by atoms with Gasteiger partial charge in [-0.1, -0.05) is 0 Å². The van der Waals surface area contributed by atoms with Crippen LogP contribution in [0.25, 0.3) is 0 Å². The minimum absolute atomic E-state index is 0.0170. The largest absolute Gasteiger partial charge is 0.316 e. The summed E-state index contributed by atoms with van der Waals surface area (Å²) in [4.78, 5) is 0. The van der Waals surface area contributed by atoms with Gasteiger partial charge >= 0.3 is 0 Å². The average Bonchev–Trinajstić information content (AvgIpc) is 2.84. The normalized spacial score (nSPS) is 22.2. The Kier molecular flexibility index (Phi) is 4.19. The van der Waals surface area contributed by atoms with Crippen molar-refractivity contribution < 1.29 is 16.8 Å². The third kappa shape index (κ3) is 3.19. The fourth-order valence-electron chi connectivity index (χ4n) is 2.20. The first kappa shape index (κ1) is 15.4. The number of aromatic amines is 1. The number of rotatable bonds is 5. The Labute approximate surface area is 118 Å². The van der Waals surface area contributed by atoms with Crippen LogP contribution in [0.2, 0.25) is 0 Å². The Morgan fingerprint density at radius 2 is 2.15 bits per heavy atom. The lowest BCUT2D eigenvalue weighted by Gasteiger charge is -2.11. The zero-order valence-corrected chi connectivity index (χ0v) is 12.9. The van der Waals surface area contributed by atoms with E-state index in [1.165, 1.54) is 0 Å². The van der Waals surface area contributed by atoms with Crippen LogP contribution in [0.3, 0.4) is 0 Å². The Morgan fingerprint density at radius 1 is 1.45 bits per heavy atom. The SMILES string of the molecule is CNCc1c(S(=O)(=O)NC2CCS(=O)(=O)C2)n[nH]c1C. The molecule has 0 aliphatic carbocycles. The fraction of sp³-hybridized carbons (Fsp3) is 0.700. The van der Waals surface area contributed by atoms with E-state index >= 15 is 0 Å². The van der Waals surface area contributed by atoms with Gasteiger partial charge in [0, 0.05) is 23.8 Å². The van der Waals surface area contributed by atoms with Crippen LogP contribution < -0.4 is 10.0 Å². The molecule has 0 bridgehead atoms. The van der Waals surface area contributed by atoms with Gasteiger partial charge in [-0.25, -0.2) is 21.6 Å². The van der Waals surface area contributed by atoms with Crippen LogP contribution in [-0.2, 0) is 26.4 Å². The van der Waals surface area contributed by atoms with Crippen LogP contribution in [-0.4, -0.2) is 51.6 Å². The maximum atomic E-state index is 12.3. The Bertz CT molecular complexity index is 693. The molecule has 1 aromatic rings. The molecule has 1 aliphatic rings. The van der Waals surface area contributed by atoms with Gasteiger partial charge in [0.1, 0.15) is 0 Å². The molecule has 8 nitrogen and oxygen atoms in total. The summed E-state index contributed by atoms with van der Waals surface area (Å²) in [5.74, 6) is -0.139. The molecule has 0 aromatic carbocycles. The average molecular weight is 322 g/mol. The van der Waals surface area contributed by atoms with Crippen molar-refractivity contribution >= 4 is 19.9 Å². The summed E-state index contributed by atoms with van der Waals surface area (Å²) in [5, 5.41) is 9.27. The molecule has 1 aliphatic heterocycles. The van der Waals surface area contributed by atoms with Crippen molar-refractivity contribution in [1.82, 2.24) is 20.2 Å². The molecule has 0 saturated carbocycles. The van der Waals surface area contributed by atoms with Crippen molar-refractivity contribution in [2.45, 2.75) is 31.0 Å². The Morgan fingerprint density at radius 3 is 2.70 bits per heavy atom. The molecule has 1 unspecified atom stereocenters. The van der Waals surface area contributed by atoms with Gasteiger partial charge < -0.3 is 5.32 Å². The summed E-state index contributed by atoms with van der Waals surface area (Å²) in [6.07, 6.45) is 0.298. The molecule has 2 rings (SSSR count). The van der Waals surface area contributed by atoms with E-state index in [2.05, 4.69) is 20.2 Å². The molecular formula is C10H18N4O4S2. The van der Waals surface area contributed by atoms with Crippen molar-refractivity contribution in [2.24, 2.45) is 0 Å². The lowest BCUT2D eigenvalue weighted by molar-refractivity contribution is 0.556. The van der Waals surface area contributed by atoms with Crippen LogP contribution in [0.4, 0.5) is 0 Å². The van der Waals surface area contributed by atoms with Crippen molar-refractivity contribution in [3.63, 3.8) is 0 Å². The monoisotopic (exact) mass is 322 g/mol. The van der Waals surface area contributed by atoms with Crippen LogP contribution in [0.15, 0.2) is 5.03 Å². The number of hydrogen-bond acceptors (Lipinski definition) is 6. The van der Waals surface area contributed by atoms with E-state index in [4.69, 9.17) is 0 Å². The van der Waals surface area contributed by atoms with Crippen LogP contribution >= 0.6 is 0 Å². The van der Waals surface area contributed by atoms with Crippen LogP contribution in [0, 0.1) is 6.92 Å². The maximum absolute atomic E-state index is 12.3. The quantitative estimate of drug-likeness (QED) is 0.633. The number of hydrogen-bond donors (Lipinski definition) is 3. The van der Waals surface area contributed by atoms with E-state index in [0.717, 1.165) is 0 Å². The Balaban J connectivity index is 2.23. The minimum atomic E-state index is -3.82. The molecule has 2 heterocycles. The number of H-pyrrole nitrogens is 1. The van der Waals surface area contributed by atoms with E-state index in [1.807, 2.05) is 0 Å². The highest BCUT2D eigenvalue weighted by Crippen LogP contribution is 2.19. The fourth-order valence-corrected chi connectivity index (χ4v) is 5.45. The molecule has 20 heavy (non-hydrogen) atoms. The molecule has 0 amide bonds. The molecule has 3 N–H and O–H groups in total. The predicted octanol–water partition coefficient (Wildman–Crippen LogP) is -1.10. The summed E-state index contributed by atoms with van der Waals surface area (Å²) < 4.78 is 49.7. The van der Waals surface area contributed by atoms with Gasteiger partial charge in [-0.15, -0.1) is 0 Å². The lowest BCUT2D eigenvalue weighted by atomic mass is 10.3. The molecule has 1 atom stereocenters. The van der Waals surface area contributed by atoms with E-state index < -0.39 is 25.9 Å². The van der Waals surface area contributed by atoms with Crippen molar-refractivity contribution in [3.8, 4) is 0 Å². The number of aromatic nitrogens is 2. The highest BCUT2D eigenvalue weighted by molar-refractivity contribution is 7.92. The Hall–Kier alpha value is -0.970. The van der Waals surface area contributed by atoms with Gasteiger partial charge in [0.15, 0.2) is 14.9 Å². The number of sulfonamides is 1. The molecule has 1 saturated heterocycles. The first-order chi connectivity index (χ1) is 9.25. The zero-order chi connectivity index (χ0) is 15.0. The van der Waals surface area contributed by atoms with E-state index in [-0.39, 0.29) is 16.5 Å². The van der Waals surface area contributed by atoms with Gasteiger partial charge in [-0.2, -0.15) is 5.10 Å². The van der Waals surface area contributed by atoms with Crippen molar-refractivity contribution in [1.29, 1.82) is 0 Å². The highest BCUT2D eigenvalue weighted by Gasteiger charge is 2.33. The number of nitrogens with zero attached hydrogens (tertiary/aromatic N) is 1. The molecule has 0 spiro atoms. The summed E-state index contributed by atoms with van der Waals surface area (Å²) in [7, 11) is -5.25. The number of nitrogens with one attached hydrogen (secondary N) is 3. The molecule has 114 valence electrons. The second-order valence-corrected chi connectivity index (χ2v) is 8.74. The molecular weight excluding hydrogens is 304 g/mol. The second kappa shape index (κ2) is 5.43. The summed E-state index contributed by atoms with van der Waals surface area (Å²) in [6.45, 7) is 2.10. The number of aryl methyl sites for hydroxylation is 1. The minimum Gasteiger partial charge on any atom is -0.316 e. The van der Waals surface area contributed by atoms with Crippen LogP contribution in [0.1, 0.15) is 17.7 Å². The van der Waals surface area contributed by atoms with Crippen molar-refractivity contribution in [3.05, 3.63) is 11.3 Å². The topological polar surface area (TPSA) is 121 Å². The van der Waals surface area contributed by atoms with E-state index in [1.54, 1.807) is 14.0 Å². The van der Waals surface area contributed by atoms with E-state index in [9.17, 15) is 16.8 Å². The molecule has 1 aromatic heterocycles. The summed E-state index contributed by atoms with van der Waals surface area (Å²) >= 11 is 0. The summed E-state index contributed by atoms with van der Waals surface area (Å²) in [6, 6.07) is -0.579. The second-order valence-electron chi connectivity index (χ2n) is 4.88. The van der Waals surface area contributed by atoms with Crippen LogP contribution in [0.5, 0.6) is 0 Å².